The predicted molar refractivity (Wildman–Crippen MR) is 77.4 cm³/mol. The third-order valence-electron chi connectivity index (χ3n) is 5.31. The maximum atomic E-state index is 12.9. The van der Waals surface area contributed by atoms with Gasteiger partial charge in [0.2, 0.25) is 0 Å². The average molecular weight is 309 g/mol. The van der Waals surface area contributed by atoms with Gasteiger partial charge in [-0.3, -0.25) is 19.6 Å². The summed E-state index contributed by atoms with van der Waals surface area (Å²) in [5.74, 6) is 0. The predicted octanol–water partition coefficient (Wildman–Crippen LogP) is -0.0430. The van der Waals surface area contributed by atoms with Crippen molar-refractivity contribution in [3.63, 3.8) is 0 Å². The van der Waals surface area contributed by atoms with Gasteiger partial charge in [0.25, 0.3) is 0 Å². The number of amides is 4. The highest BCUT2D eigenvalue weighted by atomic mass is 16.3. The number of aliphatic hydroxyl groups excluding tert-OH is 1. The van der Waals surface area contributed by atoms with Crippen LogP contribution in [0.1, 0.15) is 32.1 Å². The van der Waals surface area contributed by atoms with E-state index >= 15 is 0 Å². The minimum absolute atomic E-state index is 0.0227. The highest BCUT2D eigenvalue weighted by molar-refractivity contribution is 5.85. The Morgan fingerprint density at radius 2 is 1.82 bits per heavy atom. The Bertz CT molecular complexity index is 481. The van der Waals surface area contributed by atoms with E-state index in [-0.39, 0.29) is 37.0 Å². The van der Waals surface area contributed by atoms with Gasteiger partial charge in [0.15, 0.2) is 6.17 Å². The number of aliphatic hydroxyl groups is 1. The molecule has 0 spiro atoms. The fourth-order valence-electron chi connectivity index (χ4n) is 4.30. The number of nitrogens with one attached hydrogen (secondary N) is 1. The number of hydrogen-bond donors (Lipinski definition) is 2. The molecule has 3 aliphatic heterocycles. The highest BCUT2D eigenvalue weighted by Crippen LogP contribution is 2.36. The third-order valence-corrected chi connectivity index (χ3v) is 5.31. The molecule has 4 aliphatic rings. The van der Waals surface area contributed by atoms with Crippen molar-refractivity contribution in [1.82, 2.24) is 24.9 Å². The van der Waals surface area contributed by atoms with Crippen molar-refractivity contribution in [1.29, 1.82) is 0 Å². The monoisotopic (exact) mass is 309 g/mol. The molecule has 0 radical (unpaired) electrons. The van der Waals surface area contributed by atoms with Crippen LogP contribution in [0.5, 0.6) is 0 Å². The van der Waals surface area contributed by atoms with Crippen LogP contribution in [-0.2, 0) is 0 Å². The van der Waals surface area contributed by atoms with Gasteiger partial charge in [-0.25, -0.2) is 9.59 Å². The second kappa shape index (κ2) is 5.27. The topological polar surface area (TPSA) is 79.4 Å². The SMILES string of the molecule is O=C1N[C@@H]2[C@@H]3N1CN(CCO)CN3C(=O)N2C1CCCCC1. The van der Waals surface area contributed by atoms with Crippen LogP contribution in [0.3, 0.4) is 0 Å². The normalized spacial score (nSPS) is 32.7. The summed E-state index contributed by atoms with van der Waals surface area (Å²) < 4.78 is 0. The molecule has 4 amide bonds. The largest absolute Gasteiger partial charge is 0.395 e. The molecular formula is C14H23N5O3. The van der Waals surface area contributed by atoms with Crippen molar-refractivity contribution in [3.05, 3.63) is 0 Å². The van der Waals surface area contributed by atoms with E-state index < -0.39 is 0 Å². The first-order valence-electron chi connectivity index (χ1n) is 8.20. The zero-order valence-corrected chi connectivity index (χ0v) is 12.6. The second-order valence-electron chi connectivity index (χ2n) is 6.63. The van der Waals surface area contributed by atoms with Crippen molar-refractivity contribution in [2.75, 3.05) is 26.5 Å². The lowest BCUT2D eigenvalue weighted by molar-refractivity contribution is -0.0165. The summed E-state index contributed by atoms with van der Waals surface area (Å²) in [5.41, 5.74) is 0. The molecule has 22 heavy (non-hydrogen) atoms. The van der Waals surface area contributed by atoms with E-state index in [1.807, 2.05) is 9.80 Å². The van der Waals surface area contributed by atoms with Crippen LogP contribution >= 0.6 is 0 Å². The lowest BCUT2D eigenvalue weighted by atomic mass is 9.94. The number of urea groups is 2. The molecule has 8 heteroatoms. The van der Waals surface area contributed by atoms with Crippen LogP contribution in [-0.4, -0.2) is 81.6 Å². The lowest BCUT2D eigenvalue weighted by Gasteiger charge is -2.41. The van der Waals surface area contributed by atoms with Gasteiger partial charge in [-0.05, 0) is 12.8 Å². The Kier molecular flexibility index (Phi) is 3.37. The van der Waals surface area contributed by atoms with Crippen LogP contribution < -0.4 is 5.32 Å². The van der Waals surface area contributed by atoms with Crippen molar-refractivity contribution < 1.29 is 14.7 Å². The lowest BCUT2D eigenvalue weighted by Crippen LogP contribution is -2.60. The summed E-state index contributed by atoms with van der Waals surface area (Å²) in [7, 11) is 0. The van der Waals surface area contributed by atoms with Crippen LogP contribution in [0.2, 0.25) is 0 Å². The van der Waals surface area contributed by atoms with Gasteiger partial charge in [0.1, 0.15) is 6.17 Å². The van der Waals surface area contributed by atoms with E-state index in [0.717, 1.165) is 25.7 Å². The summed E-state index contributed by atoms with van der Waals surface area (Å²) in [6.07, 6.45) is 5.17. The van der Waals surface area contributed by atoms with E-state index in [9.17, 15) is 9.59 Å². The fraction of sp³-hybridized carbons (Fsp3) is 0.857. The van der Waals surface area contributed by atoms with Crippen molar-refractivity contribution in [3.8, 4) is 0 Å². The Hall–Kier alpha value is -1.54. The summed E-state index contributed by atoms with van der Waals surface area (Å²) >= 11 is 0. The summed E-state index contributed by atoms with van der Waals surface area (Å²) in [6, 6.07) is 0.147. The van der Waals surface area contributed by atoms with Gasteiger partial charge in [-0.2, -0.15) is 0 Å². The molecule has 1 aliphatic carbocycles. The number of nitrogens with zero attached hydrogens (tertiary/aromatic N) is 4. The van der Waals surface area contributed by atoms with Crippen LogP contribution in [0, 0.1) is 0 Å². The molecule has 0 bridgehead atoms. The fourth-order valence-corrected chi connectivity index (χ4v) is 4.30. The molecule has 3 saturated heterocycles. The Balaban J connectivity index is 1.60. The third kappa shape index (κ3) is 1.97. The molecule has 122 valence electrons. The Labute approximate surface area is 129 Å². The van der Waals surface area contributed by atoms with Gasteiger partial charge < -0.3 is 10.4 Å². The maximum Gasteiger partial charge on any atom is 0.324 e. The van der Waals surface area contributed by atoms with Gasteiger partial charge in [-0.1, -0.05) is 19.3 Å². The molecule has 8 nitrogen and oxygen atoms in total. The summed E-state index contributed by atoms with van der Waals surface area (Å²) in [6.45, 7) is 1.44. The zero-order chi connectivity index (χ0) is 15.3. The summed E-state index contributed by atoms with van der Waals surface area (Å²) in [5, 5.41) is 12.1. The van der Waals surface area contributed by atoms with Gasteiger partial charge in [0, 0.05) is 12.6 Å². The maximum absolute atomic E-state index is 12.9. The van der Waals surface area contributed by atoms with E-state index in [4.69, 9.17) is 5.11 Å². The molecule has 3 heterocycles. The molecule has 1 saturated carbocycles. The molecule has 2 N–H and O–H groups in total. The van der Waals surface area contributed by atoms with E-state index in [2.05, 4.69) is 5.32 Å². The second-order valence-corrected chi connectivity index (χ2v) is 6.63. The van der Waals surface area contributed by atoms with Crippen LogP contribution in [0.25, 0.3) is 0 Å². The zero-order valence-electron chi connectivity index (χ0n) is 12.6. The van der Waals surface area contributed by atoms with Crippen molar-refractivity contribution in [2.24, 2.45) is 0 Å². The van der Waals surface area contributed by atoms with Gasteiger partial charge in [-0.15, -0.1) is 0 Å². The smallest absolute Gasteiger partial charge is 0.324 e. The first kappa shape index (κ1) is 14.1. The molecule has 0 aromatic rings. The molecule has 0 unspecified atom stereocenters. The van der Waals surface area contributed by atoms with Crippen molar-refractivity contribution >= 4 is 12.1 Å². The number of β-amino-alcohol motifs (C(OH)–C–C–N with tert-alkyl or cyclic N) is 1. The first-order chi connectivity index (χ1) is 10.7. The van der Waals surface area contributed by atoms with Crippen LogP contribution in [0.4, 0.5) is 9.59 Å². The van der Waals surface area contributed by atoms with E-state index in [1.165, 1.54) is 6.42 Å². The van der Waals surface area contributed by atoms with Crippen molar-refractivity contribution in [2.45, 2.75) is 50.5 Å². The highest BCUT2D eigenvalue weighted by Gasteiger charge is 2.58. The van der Waals surface area contributed by atoms with Crippen LogP contribution in [0.15, 0.2) is 0 Å². The quantitative estimate of drug-likeness (QED) is 0.766. The van der Waals surface area contributed by atoms with Gasteiger partial charge in [0.05, 0.1) is 19.9 Å². The Morgan fingerprint density at radius 1 is 1.09 bits per heavy atom. The minimum atomic E-state index is -0.223. The standard InChI is InChI=1S/C14H23N5O3/c20-7-6-16-8-17-12-11(15-13(17)21)19(14(22)18(12)9-16)10-4-2-1-3-5-10/h10-12,20H,1-9H2,(H,15,21)/t11-,12+/m0/s1. The number of carbonyl (C=O) groups is 2. The molecule has 2 atom stereocenters. The van der Waals surface area contributed by atoms with E-state index in [0.29, 0.717) is 19.9 Å². The molecule has 0 aromatic heterocycles. The summed E-state index contributed by atoms with van der Waals surface area (Å²) in [4.78, 5) is 32.4. The molecule has 4 fully saturated rings. The first-order valence-corrected chi connectivity index (χ1v) is 8.20. The number of carbonyl (C=O) groups excluding carboxylic acids is 2. The number of rotatable bonds is 3. The molecule has 4 rings (SSSR count). The minimum Gasteiger partial charge on any atom is -0.395 e. The molecule has 0 aromatic carbocycles. The molecular weight excluding hydrogens is 286 g/mol. The Morgan fingerprint density at radius 3 is 2.55 bits per heavy atom. The number of hydrogen-bond acceptors (Lipinski definition) is 4. The average Bonchev–Trinajstić information content (AvgIpc) is 2.99. The van der Waals surface area contributed by atoms with Gasteiger partial charge >= 0.3 is 12.1 Å². The van der Waals surface area contributed by atoms with E-state index in [1.54, 1.807) is 9.80 Å².